The largest absolute Gasteiger partial charge is 0.481 e. The van der Waals surface area contributed by atoms with E-state index in [0.29, 0.717) is 5.69 Å². The summed E-state index contributed by atoms with van der Waals surface area (Å²) in [6, 6.07) is 2.62. The first kappa shape index (κ1) is 15.4. The third-order valence-electron chi connectivity index (χ3n) is 2.49. The van der Waals surface area contributed by atoms with Crippen molar-refractivity contribution in [2.45, 2.75) is 12.5 Å². The van der Waals surface area contributed by atoms with Crippen LogP contribution in [0.15, 0.2) is 24.3 Å². The second-order valence-corrected chi connectivity index (χ2v) is 3.97. The van der Waals surface area contributed by atoms with Gasteiger partial charge in [0.05, 0.1) is 6.42 Å². The Morgan fingerprint density at radius 2 is 1.80 bits per heavy atom. The molecule has 108 valence electrons. The molecule has 8 heteroatoms. The van der Waals surface area contributed by atoms with E-state index in [4.69, 9.17) is 10.2 Å². The van der Waals surface area contributed by atoms with Crippen molar-refractivity contribution in [3.05, 3.63) is 30.1 Å². The second-order valence-electron chi connectivity index (χ2n) is 3.97. The molecule has 0 aromatic heterocycles. The lowest BCUT2D eigenvalue weighted by Gasteiger charge is -2.20. The predicted octanol–water partition coefficient (Wildman–Crippen LogP) is 0.899. The number of hydrogen-bond donors (Lipinski definition) is 3. The van der Waals surface area contributed by atoms with Crippen molar-refractivity contribution in [3.8, 4) is 0 Å². The third-order valence-corrected chi connectivity index (χ3v) is 2.49. The topological polar surface area (TPSA) is 107 Å². The summed E-state index contributed by atoms with van der Waals surface area (Å²) in [6.45, 7) is 0. The minimum atomic E-state index is -1.54. The molecule has 0 spiro atoms. The van der Waals surface area contributed by atoms with Crippen LogP contribution in [-0.4, -0.2) is 41.3 Å². The fraction of sp³-hybridized carbons (Fsp3) is 0.250. The van der Waals surface area contributed by atoms with Crippen molar-refractivity contribution in [3.63, 3.8) is 0 Å². The van der Waals surface area contributed by atoms with Gasteiger partial charge in [-0.1, -0.05) is 0 Å². The molecule has 0 aliphatic rings. The van der Waals surface area contributed by atoms with Crippen LogP contribution >= 0.6 is 0 Å². The van der Waals surface area contributed by atoms with Crippen molar-refractivity contribution in [1.82, 2.24) is 5.32 Å². The Morgan fingerprint density at radius 1 is 1.25 bits per heavy atom. The first-order chi connectivity index (χ1) is 9.31. The molecule has 0 saturated heterocycles. The number of benzene rings is 1. The maximum Gasteiger partial charge on any atom is 0.326 e. The Morgan fingerprint density at radius 3 is 2.25 bits per heavy atom. The maximum absolute atomic E-state index is 12.7. The van der Waals surface area contributed by atoms with Gasteiger partial charge in [-0.05, 0) is 24.3 Å². The molecule has 0 saturated carbocycles. The standard InChI is InChI=1S/C12H13FN2O5/c1-15(8-4-2-7(13)3-5-8)12(20)14-9(11(18)19)6-10(16)17/h2-5,9H,6H2,1H3,(H,14,20)(H,16,17)(H,18,19). The lowest BCUT2D eigenvalue weighted by Crippen LogP contribution is -2.47. The van der Waals surface area contributed by atoms with Crippen molar-refractivity contribution < 1.29 is 29.0 Å². The molecule has 0 aliphatic carbocycles. The highest BCUT2D eigenvalue weighted by Crippen LogP contribution is 2.13. The molecule has 0 bridgehead atoms. The number of amides is 2. The number of rotatable bonds is 5. The number of carboxylic acids is 2. The zero-order valence-electron chi connectivity index (χ0n) is 10.5. The molecule has 20 heavy (non-hydrogen) atoms. The fourth-order valence-electron chi connectivity index (χ4n) is 1.40. The zero-order chi connectivity index (χ0) is 15.3. The Kier molecular flexibility index (Phi) is 5.01. The van der Waals surface area contributed by atoms with Crippen LogP contribution in [-0.2, 0) is 9.59 Å². The average Bonchev–Trinajstić information content (AvgIpc) is 2.37. The van der Waals surface area contributed by atoms with Crippen LogP contribution in [0.2, 0.25) is 0 Å². The number of carbonyl (C=O) groups is 3. The van der Waals surface area contributed by atoms with E-state index < -0.39 is 36.2 Å². The van der Waals surface area contributed by atoms with Gasteiger partial charge in [-0.25, -0.2) is 14.0 Å². The molecule has 1 unspecified atom stereocenters. The lowest BCUT2D eigenvalue weighted by atomic mass is 10.2. The molecule has 7 nitrogen and oxygen atoms in total. The summed E-state index contributed by atoms with van der Waals surface area (Å²) in [5.41, 5.74) is 0.336. The molecule has 0 aliphatic heterocycles. The molecule has 3 N–H and O–H groups in total. The van der Waals surface area contributed by atoms with E-state index in [1.807, 2.05) is 0 Å². The lowest BCUT2D eigenvalue weighted by molar-refractivity contribution is -0.145. The smallest absolute Gasteiger partial charge is 0.326 e. The monoisotopic (exact) mass is 284 g/mol. The van der Waals surface area contributed by atoms with Gasteiger partial charge >= 0.3 is 18.0 Å². The quantitative estimate of drug-likeness (QED) is 0.744. The molecule has 1 atom stereocenters. The summed E-state index contributed by atoms with van der Waals surface area (Å²) in [4.78, 5) is 34.2. The van der Waals surface area contributed by atoms with E-state index in [1.54, 1.807) is 0 Å². The molecule has 1 rings (SSSR count). The number of hydrogen-bond acceptors (Lipinski definition) is 3. The molecule has 1 aromatic carbocycles. The second kappa shape index (κ2) is 6.50. The molecular weight excluding hydrogens is 271 g/mol. The summed E-state index contributed by atoms with van der Waals surface area (Å²) in [7, 11) is 1.35. The van der Waals surface area contributed by atoms with Crippen LogP contribution in [0.3, 0.4) is 0 Å². The molecule has 0 radical (unpaired) electrons. The number of carboxylic acid groups (broad SMARTS) is 2. The number of anilines is 1. The summed E-state index contributed by atoms with van der Waals surface area (Å²) < 4.78 is 12.7. The number of nitrogens with zero attached hydrogens (tertiary/aromatic N) is 1. The highest BCUT2D eigenvalue weighted by atomic mass is 19.1. The highest BCUT2D eigenvalue weighted by molar-refractivity contribution is 5.94. The molecule has 0 fully saturated rings. The van der Waals surface area contributed by atoms with E-state index in [1.165, 1.54) is 19.2 Å². The Hall–Kier alpha value is -2.64. The van der Waals surface area contributed by atoms with E-state index in [9.17, 15) is 18.8 Å². The van der Waals surface area contributed by atoms with Gasteiger partial charge in [-0.2, -0.15) is 0 Å². The van der Waals surface area contributed by atoms with Crippen molar-refractivity contribution in [1.29, 1.82) is 0 Å². The fourth-order valence-corrected chi connectivity index (χ4v) is 1.40. The van der Waals surface area contributed by atoms with E-state index >= 15 is 0 Å². The van der Waals surface area contributed by atoms with Crippen LogP contribution in [0.25, 0.3) is 0 Å². The number of nitrogens with one attached hydrogen (secondary N) is 1. The van der Waals surface area contributed by atoms with Crippen molar-refractivity contribution >= 4 is 23.7 Å². The Balaban J connectivity index is 2.75. The predicted molar refractivity (Wildman–Crippen MR) is 67.0 cm³/mol. The third kappa shape index (κ3) is 4.23. The SMILES string of the molecule is CN(C(=O)NC(CC(=O)O)C(=O)O)c1ccc(F)cc1. The Labute approximate surface area is 113 Å². The molecule has 1 aromatic rings. The van der Waals surface area contributed by atoms with Gasteiger partial charge in [0.2, 0.25) is 0 Å². The van der Waals surface area contributed by atoms with Crippen LogP contribution < -0.4 is 10.2 Å². The number of aliphatic carboxylic acids is 2. The average molecular weight is 284 g/mol. The molecule has 2 amide bonds. The van der Waals surface area contributed by atoms with Gasteiger partial charge < -0.3 is 15.5 Å². The van der Waals surface area contributed by atoms with Gasteiger partial charge in [-0.3, -0.25) is 9.69 Å². The first-order valence-electron chi connectivity index (χ1n) is 5.55. The van der Waals surface area contributed by atoms with Gasteiger partial charge in [0.15, 0.2) is 0 Å². The van der Waals surface area contributed by atoms with E-state index in [2.05, 4.69) is 5.32 Å². The van der Waals surface area contributed by atoms with Crippen LogP contribution in [0.5, 0.6) is 0 Å². The van der Waals surface area contributed by atoms with Crippen molar-refractivity contribution in [2.24, 2.45) is 0 Å². The summed E-state index contributed by atoms with van der Waals surface area (Å²) in [5, 5.41) is 19.4. The number of halogens is 1. The highest BCUT2D eigenvalue weighted by Gasteiger charge is 2.24. The molecule has 0 heterocycles. The Bertz CT molecular complexity index is 517. The van der Waals surface area contributed by atoms with Crippen LogP contribution in [0.4, 0.5) is 14.9 Å². The van der Waals surface area contributed by atoms with Gasteiger partial charge in [-0.15, -0.1) is 0 Å². The number of urea groups is 1. The van der Waals surface area contributed by atoms with Crippen LogP contribution in [0.1, 0.15) is 6.42 Å². The van der Waals surface area contributed by atoms with Gasteiger partial charge in [0.1, 0.15) is 11.9 Å². The van der Waals surface area contributed by atoms with Gasteiger partial charge in [0.25, 0.3) is 0 Å². The van der Waals surface area contributed by atoms with Crippen LogP contribution in [0, 0.1) is 5.82 Å². The maximum atomic E-state index is 12.7. The van der Waals surface area contributed by atoms with E-state index in [0.717, 1.165) is 17.0 Å². The number of carbonyl (C=O) groups excluding carboxylic acids is 1. The normalized spacial score (nSPS) is 11.5. The first-order valence-corrected chi connectivity index (χ1v) is 5.55. The minimum Gasteiger partial charge on any atom is -0.481 e. The van der Waals surface area contributed by atoms with Gasteiger partial charge in [0, 0.05) is 12.7 Å². The summed E-state index contributed by atoms with van der Waals surface area (Å²) >= 11 is 0. The summed E-state index contributed by atoms with van der Waals surface area (Å²) in [6.07, 6.45) is -0.738. The minimum absolute atomic E-state index is 0.336. The van der Waals surface area contributed by atoms with Crippen molar-refractivity contribution in [2.75, 3.05) is 11.9 Å². The molecular formula is C12H13FN2O5. The van der Waals surface area contributed by atoms with E-state index in [-0.39, 0.29) is 0 Å². The zero-order valence-corrected chi connectivity index (χ0v) is 10.5. The summed E-state index contributed by atoms with van der Waals surface area (Å²) in [5.74, 6) is -3.27.